The Morgan fingerprint density at radius 1 is 1.12 bits per heavy atom. The second kappa shape index (κ2) is 6.23. The van der Waals surface area contributed by atoms with E-state index in [9.17, 15) is 0 Å². The second-order valence-corrected chi connectivity index (χ2v) is 8.84. The number of halogens is 1. The molecule has 24 heavy (non-hydrogen) atoms. The molecule has 122 valence electrons. The van der Waals surface area contributed by atoms with E-state index in [1.54, 1.807) is 22.7 Å². The minimum atomic E-state index is 0.606. The van der Waals surface area contributed by atoms with Crippen LogP contribution in [0.2, 0.25) is 0 Å². The molecule has 0 atom stereocenters. The van der Waals surface area contributed by atoms with Crippen LogP contribution in [0.4, 0.5) is 5.82 Å². The van der Waals surface area contributed by atoms with E-state index in [1.165, 1.54) is 0 Å². The van der Waals surface area contributed by atoms with Gasteiger partial charge >= 0.3 is 0 Å². The summed E-state index contributed by atoms with van der Waals surface area (Å²) in [6, 6.07) is 7.95. The fourth-order valence-corrected chi connectivity index (χ4v) is 4.53. The quantitative estimate of drug-likeness (QED) is 0.532. The van der Waals surface area contributed by atoms with Gasteiger partial charge in [0.1, 0.15) is 16.5 Å². The maximum absolute atomic E-state index is 4.54. The lowest BCUT2D eigenvalue weighted by molar-refractivity contribution is 0.858. The van der Waals surface area contributed by atoms with Crippen molar-refractivity contribution in [1.29, 1.82) is 0 Å². The van der Waals surface area contributed by atoms with Gasteiger partial charge in [-0.1, -0.05) is 11.3 Å². The van der Waals surface area contributed by atoms with Crippen LogP contribution in [0.3, 0.4) is 0 Å². The largest absolute Gasteiger partial charge is 0.363 e. The summed E-state index contributed by atoms with van der Waals surface area (Å²) in [7, 11) is 0. The number of thiophene rings is 1. The number of aromatic nitrogens is 5. The number of hydrogen-bond acceptors (Lipinski definition) is 7. The molecular weight excluding hydrogens is 408 g/mol. The molecule has 4 aromatic rings. The lowest BCUT2D eigenvalue weighted by Gasteiger charge is -2.05. The summed E-state index contributed by atoms with van der Waals surface area (Å²) in [6.45, 7) is 4.59. The first-order valence-electron chi connectivity index (χ1n) is 7.25. The van der Waals surface area contributed by atoms with Gasteiger partial charge in [-0.3, -0.25) is 0 Å². The Kier molecular flexibility index (Phi) is 4.07. The molecule has 0 saturated carbocycles. The molecule has 4 heterocycles. The van der Waals surface area contributed by atoms with E-state index in [0.717, 1.165) is 41.5 Å². The molecule has 6 nitrogen and oxygen atoms in total. The van der Waals surface area contributed by atoms with Crippen molar-refractivity contribution in [3.8, 4) is 10.6 Å². The van der Waals surface area contributed by atoms with E-state index in [1.807, 2.05) is 42.6 Å². The predicted octanol–water partition coefficient (Wildman–Crippen LogP) is 4.30. The first-order chi connectivity index (χ1) is 11.6. The molecular formula is C15H13BrN6S2. The Balaban J connectivity index is 1.52. The van der Waals surface area contributed by atoms with Crippen molar-refractivity contribution in [3.63, 3.8) is 0 Å². The molecule has 0 saturated heterocycles. The summed E-state index contributed by atoms with van der Waals surface area (Å²) < 4.78 is 2.98. The number of aryl methyl sites for hydroxylation is 2. The van der Waals surface area contributed by atoms with Crippen LogP contribution in [-0.4, -0.2) is 24.8 Å². The maximum atomic E-state index is 4.54. The predicted molar refractivity (Wildman–Crippen MR) is 101 cm³/mol. The van der Waals surface area contributed by atoms with Crippen LogP contribution in [0.5, 0.6) is 0 Å². The second-order valence-electron chi connectivity index (χ2n) is 5.22. The molecule has 0 aliphatic carbocycles. The zero-order chi connectivity index (χ0) is 16.7. The van der Waals surface area contributed by atoms with Crippen LogP contribution in [0.25, 0.3) is 15.5 Å². The van der Waals surface area contributed by atoms with Gasteiger partial charge in [-0.2, -0.15) is 5.10 Å². The van der Waals surface area contributed by atoms with Crippen LogP contribution < -0.4 is 5.32 Å². The van der Waals surface area contributed by atoms with Gasteiger partial charge in [0.15, 0.2) is 0 Å². The fourth-order valence-electron chi connectivity index (χ4n) is 2.37. The summed E-state index contributed by atoms with van der Waals surface area (Å²) in [5.74, 6) is 0.732. The Labute approximate surface area is 154 Å². The van der Waals surface area contributed by atoms with E-state index >= 15 is 0 Å². The summed E-state index contributed by atoms with van der Waals surface area (Å²) in [5.41, 5.74) is 2.89. The topological polar surface area (TPSA) is 68.0 Å². The molecule has 4 aromatic heterocycles. The minimum absolute atomic E-state index is 0.606. The molecule has 0 aliphatic rings. The molecule has 0 amide bonds. The van der Waals surface area contributed by atoms with Gasteiger partial charge in [-0.25, -0.2) is 9.50 Å². The average molecular weight is 421 g/mol. The summed E-state index contributed by atoms with van der Waals surface area (Å²) in [4.78, 5) is 6.55. The van der Waals surface area contributed by atoms with Gasteiger partial charge in [-0.05, 0) is 54.0 Å². The Morgan fingerprint density at radius 3 is 2.71 bits per heavy atom. The number of rotatable bonds is 4. The van der Waals surface area contributed by atoms with Crippen molar-refractivity contribution in [1.82, 2.24) is 24.8 Å². The van der Waals surface area contributed by atoms with Crippen LogP contribution in [0.1, 0.15) is 16.4 Å². The van der Waals surface area contributed by atoms with Crippen molar-refractivity contribution in [3.05, 3.63) is 44.4 Å². The Hall–Kier alpha value is -1.84. The number of hydrogen-bond donors (Lipinski definition) is 1. The van der Waals surface area contributed by atoms with Gasteiger partial charge in [0, 0.05) is 0 Å². The average Bonchev–Trinajstić information content (AvgIpc) is 3.21. The van der Waals surface area contributed by atoms with Gasteiger partial charge in [-0.15, -0.1) is 21.5 Å². The number of anilines is 1. The van der Waals surface area contributed by atoms with Crippen molar-refractivity contribution < 1.29 is 0 Å². The number of nitrogens with one attached hydrogen (secondary N) is 1. The molecule has 0 bridgehead atoms. The van der Waals surface area contributed by atoms with Crippen molar-refractivity contribution in [2.75, 3.05) is 5.32 Å². The molecule has 0 aromatic carbocycles. The third-order valence-corrected chi connectivity index (χ3v) is 5.99. The molecule has 0 radical (unpaired) electrons. The highest BCUT2D eigenvalue weighted by molar-refractivity contribution is 9.11. The zero-order valence-corrected chi connectivity index (χ0v) is 16.2. The smallest absolute Gasteiger partial charge is 0.212 e. The summed E-state index contributed by atoms with van der Waals surface area (Å²) >= 11 is 6.70. The Bertz CT molecular complexity index is 1000. The number of fused-ring (bicyclic) bond motifs is 1. The normalized spacial score (nSPS) is 11.3. The molecule has 0 aliphatic heterocycles. The highest BCUT2D eigenvalue weighted by atomic mass is 79.9. The summed E-state index contributed by atoms with van der Waals surface area (Å²) in [5, 5.41) is 17.4. The third-order valence-electron chi connectivity index (χ3n) is 3.52. The molecule has 0 spiro atoms. The highest BCUT2D eigenvalue weighted by Gasteiger charge is 2.12. The van der Waals surface area contributed by atoms with Gasteiger partial charge in [0.2, 0.25) is 4.96 Å². The Morgan fingerprint density at radius 2 is 2.00 bits per heavy atom. The zero-order valence-electron chi connectivity index (χ0n) is 12.9. The molecule has 0 fully saturated rings. The maximum Gasteiger partial charge on any atom is 0.212 e. The van der Waals surface area contributed by atoms with Crippen LogP contribution in [0, 0.1) is 13.8 Å². The van der Waals surface area contributed by atoms with Crippen LogP contribution >= 0.6 is 38.6 Å². The van der Waals surface area contributed by atoms with Gasteiger partial charge in [0.05, 0.1) is 26.6 Å². The number of imidazole rings is 1. The first kappa shape index (κ1) is 15.7. The van der Waals surface area contributed by atoms with Crippen molar-refractivity contribution >= 4 is 49.4 Å². The van der Waals surface area contributed by atoms with E-state index < -0.39 is 0 Å². The van der Waals surface area contributed by atoms with Crippen molar-refractivity contribution in [2.45, 2.75) is 20.4 Å². The molecule has 1 N–H and O–H groups in total. The summed E-state index contributed by atoms with van der Waals surface area (Å²) in [6.07, 6.45) is 0. The lowest BCUT2D eigenvalue weighted by Crippen LogP contribution is -2.06. The first-order valence-corrected chi connectivity index (χ1v) is 9.68. The molecule has 0 unspecified atom stereocenters. The molecule has 4 rings (SSSR count). The SMILES string of the molecule is Cc1nn2c(CNc3ccc(-c4ccc(Br)s4)nn3)c(C)nc2s1. The minimum Gasteiger partial charge on any atom is -0.363 e. The number of nitrogens with zero attached hydrogens (tertiary/aromatic N) is 5. The van der Waals surface area contributed by atoms with E-state index in [4.69, 9.17) is 0 Å². The third kappa shape index (κ3) is 2.94. The van der Waals surface area contributed by atoms with Crippen LogP contribution in [-0.2, 0) is 6.54 Å². The van der Waals surface area contributed by atoms with Crippen molar-refractivity contribution in [2.24, 2.45) is 0 Å². The van der Waals surface area contributed by atoms with E-state index in [-0.39, 0.29) is 0 Å². The standard InChI is InChI=1S/C15H13BrN6S2/c1-8-11(22-15(18-8)23-9(2)21-22)7-17-14-6-3-10(19-20-14)12-4-5-13(16)24-12/h3-6H,7H2,1-2H3,(H,17,20). The lowest BCUT2D eigenvalue weighted by atomic mass is 10.3. The molecule has 9 heteroatoms. The monoisotopic (exact) mass is 420 g/mol. The van der Waals surface area contributed by atoms with E-state index in [2.05, 4.69) is 41.5 Å². The van der Waals surface area contributed by atoms with Gasteiger partial charge in [0.25, 0.3) is 0 Å². The van der Waals surface area contributed by atoms with Gasteiger partial charge < -0.3 is 5.32 Å². The highest BCUT2D eigenvalue weighted by Crippen LogP contribution is 2.29. The van der Waals surface area contributed by atoms with Crippen LogP contribution in [0.15, 0.2) is 28.1 Å². The fraction of sp³-hybridized carbons (Fsp3) is 0.200. The van der Waals surface area contributed by atoms with E-state index in [0.29, 0.717) is 6.54 Å².